The van der Waals surface area contributed by atoms with Crippen molar-refractivity contribution in [3.8, 4) is 17.0 Å². The lowest BCUT2D eigenvalue weighted by atomic mass is 9.81. The Morgan fingerprint density at radius 2 is 2.18 bits per heavy atom. The van der Waals surface area contributed by atoms with Gasteiger partial charge in [-0.3, -0.25) is 4.68 Å². The Kier molecular flexibility index (Phi) is 2.77. The van der Waals surface area contributed by atoms with E-state index in [9.17, 15) is 9.90 Å². The summed E-state index contributed by atoms with van der Waals surface area (Å²) in [6.45, 7) is 1.69. The van der Waals surface area contributed by atoms with Crippen LogP contribution >= 0.6 is 0 Å². The molecule has 2 aliphatic rings. The Bertz CT molecular complexity index is 760. The summed E-state index contributed by atoms with van der Waals surface area (Å²) in [4.78, 5) is 11.6. The van der Waals surface area contributed by atoms with Crippen molar-refractivity contribution < 1.29 is 14.6 Å². The highest BCUT2D eigenvalue weighted by Gasteiger charge is 2.44. The second-order valence-corrected chi connectivity index (χ2v) is 5.86. The molecule has 1 spiro atoms. The number of carboxylic acid groups (broad SMARTS) is 1. The van der Waals surface area contributed by atoms with Crippen LogP contribution in [0.25, 0.3) is 11.3 Å². The molecule has 22 heavy (non-hydrogen) atoms. The average molecular weight is 299 g/mol. The SMILES string of the molecule is Cn1ncc2c1-c1cccc(C(=O)O)c1OC21CCNCC1. The van der Waals surface area contributed by atoms with E-state index in [-0.39, 0.29) is 5.56 Å². The summed E-state index contributed by atoms with van der Waals surface area (Å²) in [6.07, 6.45) is 3.47. The quantitative estimate of drug-likeness (QED) is 0.839. The number of para-hydroxylation sites is 1. The Labute approximate surface area is 127 Å². The fourth-order valence-electron chi connectivity index (χ4n) is 3.54. The number of aryl methyl sites for hydroxylation is 1. The van der Waals surface area contributed by atoms with Gasteiger partial charge in [0, 0.05) is 31.0 Å². The van der Waals surface area contributed by atoms with Gasteiger partial charge in [0.1, 0.15) is 16.9 Å². The molecule has 114 valence electrons. The number of hydrogen-bond acceptors (Lipinski definition) is 4. The van der Waals surface area contributed by atoms with Gasteiger partial charge in [-0.25, -0.2) is 4.79 Å². The minimum absolute atomic E-state index is 0.210. The number of nitrogens with one attached hydrogen (secondary N) is 1. The van der Waals surface area contributed by atoms with Gasteiger partial charge in [-0.2, -0.15) is 5.10 Å². The summed E-state index contributed by atoms with van der Waals surface area (Å²) in [5, 5.41) is 17.2. The topological polar surface area (TPSA) is 76.4 Å². The van der Waals surface area contributed by atoms with Gasteiger partial charge in [0.15, 0.2) is 0 Å². The summed E-state index contributed by atoms with van der Waals surface area (Å²) in [7, 11) is 1.89. The van der Waals surface area contributed by atoms with E-state index < -0.39 is 11.6 Å². The molecule has 0 unspecified atom stereocenters. The lowest BCUT2D eigenvalue weighted by Crippen LogP contribution is -2.45. The predicted molar refractivity (Wildman–Crippen MR) is 80.0 cm³/mol. The minimum Gasteiger partial charge on any atom is -0.481 e. The Morgan fingerprint density at radius 1 is 1.41 bits per heavy atom. The second kappa shape index (κ2) is 4.58. The summed E-state index contributed by atoms with van der Waals surface area (Å²) in [5.74, 6) is -0.500. The largest absolute Gasteiger partial charge is 0.481 e. The van der Waals surface area contributed by atoms with Crippen molar-refractivity contribution in [3.63, 3.8) is 0 Å². The van der Waals surface area contributed by atoms with Crippen molar-refractivity contribution in [1.82, 2.24) is 15.1 Å². The molecule has 1 saturated heterocycles. The van der Waals surface area contributed by atoms with Gasteiger partial charge < -0.3 is 15.2 Å². The molecule has 6 nitrogen and oxygen atoms in total. The van der Waals surface area contributed by atoms with E-state index in [1.165, 1.54) is 0 Å². The third kappa shape index (κ3) is 1.70. The summed E-state index contributed by atoms with van der Waals surface area (Å²) in [6, 6.07) is 5.25. The molecule has 0 radical (unpaired) electrons. The monoisotopic (exact) mass is 299 g/mol. The van der Waals surface area contributed by atoms with Crippen LogP contribution < -0.4 is 10.1 Å². The summed E-state index contributed by atoms with van der Waals surface area (Å²) in [5.41, 5.74) is 2.56. The third-order valence-corrected chi connectivity index (χ3v) is 4.64. The van der Waals surface area contributed by atoms with Crippen LogP contribution in [0.4, 0.5) is 0 Å². The molecule has 1 fully saturated rings. The van der Waals surface area contributed by atoms with Gasteiger partial charge >= 0.3 is 5.97 Å². The van der Waals surface area contributed by atoms with Crippen LogP contribution in [-0.4, -0.2) is 33.9 Å². The number of hydrogen-bond donors (Lipinski definition) is 2. The zero-order valence-corrected chi connectivity index (χ0v) is 12.3. The Balaban J connectivity index is 1.99. The van der Waals surface area contributed by atoms with Crippen LogP contribution in [0, 0.1) is 0 Å². The van der Waals surface area contributed by atoms with Gasteiger partial charge in [-0.15, -0.1) is 0 Å². The first-order valence-corrected chi connectivity index (χ1v) is 7.41. The van der Waals surface area contributed by atoms with Crippen LogP contribution in [-0.2, 0) is 12.6 Å². The van der Waals surface area contributed by atoms with E-state index in [1.807, 2.05) is 24.0 Å². The van der Waals surface area contributed by atoms with Crippen molar-refractivity contribution in [2.24, 2.45) is 7.05 Å². The zero-order chi connectivity index (χ0) is 15.3. The van der Waals surface area contributed by atoms with Gasteiger partial charge in [0.2, 0.25) is 0 Å². The fourth-order valence-corrected chi connectivity index (χ4v) is 3.54. The standard InChI is InChI=1S/C16H17N3O3/c1-19-13-10-3-2-4-11(15(20)21)14(10)22-16(12(13)9-18-19)5-7-17-8-6-16/h2-4,9,17H,5-8H2,1H3,(H,20,21). The summed E-state index contributed by atoms with van der Waals surface area (Å²) >= 11 is 0. The predicted octanol–water partition coefficient (Wildman–Crippen LogP) is 1.76. The average Bonchev–Trinajstić information content (AvgIpc) is 2.91. The fraction of sp³-hybridized carbons (Fsp3) is 0.375. The number of nitrogens with zero attached hydrogens (tertiary/aromatic N) is 2. The number of benzene rings is 1. The van der Waals surface area contributed by atoms with Gasteiger partial charge in [0.05, 0.1) is 11.9 Å². The first kappa shape index (κ1) is 13.3. The van der Waals surface area contributed by atoms with Gasteiger partial charge in [0.25, 0.3) is 0 Å². The molecular formula is C16H17N3O3. The number of ether oxygens (including phenoxy) is 1. The molecule has 0 aliphatic carbocycles. The highest BCUT2D eigenvalue weighted by Crippen LogP contribution is 2.49. The minimum atomic E-state index is -0.966. The lowest BCUT2D eigenvalue weighted by Gasteiger charge is -2.41. The molecule has 1 aromatic carbocycles. The van der Waals surface area contributed by atoms with Crippen LogP contribution in [0.3, 0.4) is 0 Å². The maximum atomic E-state index is 11.6. The lowest BCUT2D eigenvalue weighted by molar-refractivity contribution is 0.0285. The van der Waals surface area contributed by atoms with Crippen molar-refractivity contribution in [2.45, 2.75) is 18.4 Å². The molecule has 0 saturated carbocycles. The van der Waals surface area contributed by atoms with E-state index in [2.05, 4.69) is 10.4 Å². The van der Waals surface area contributed by atoms with Gasteiger partial charge in [-0.1, -0.05) is 6.07 Å². The van der Waals surface area contributed by atoms with Crippen LogP contribution in [0.2, 0.25) is 0 Å². The van der Waals surface area contributed by atoms with E-state index in [0.717, 1.165) is 42.8 Å². The molecule has 1 aromatic heterocycles. The van der Waals surface area contributed by atoms with Gasteiger partial charge in [-0.05, 0) is 25.2 Å². The number of aromatic carboxylic acids is 1. The first-order valence-electron chi connectivity index (χ1n) is 7.41. The normalized spacial score (nSPS) is 18.4. The maximum absolute atomic E-state index is 11.6. The number of piperidine rings is 1. The number of rotatable bonds is 1. The molecule has 3 heterocycles. The molecule has 4 rings (SSSR count). The molecule has 2 N–H and O–H groups in total. The molecule has 6 heteroatoms. The second-order valence-electron chi connectivity index (χ2n) is 5.86. The van der Waals surface area contributed by atoms with E-state index in [4.69, 9.17) is 4.74 Å². The van der Waals surface area contributed by atoms with E-state index in [1.54, 1.807) is 12.1 Å². The molecule has 0 amide bonds. The van der Waals surface area contributed by atoms with Crippen LogP contribution in [0.1, 0.15) is 28.8 Å². The number of aromatic nitrogens is 2. The molecule has 0 bridgehead atoms. The van der Waals surface area contributed by atoms with Crippen molar-refractivity contribution in [2.75, 3.05) is 13.1 Å². The van der Waals surface area contributed by atoms with E-state index >= 15 is 0 Å². The molecule has 2 aromatic rings. The first-order chi connectivity index (χ1) is 10.6. The van der Waals surface area contributed by atoms with Crippen LogP contribution in [0.5, 0.6) is 5.75 Å². The Hall–Kier alpha value is -2.34. The summed E-state index contributed by atoms with van der Waals surface area (Å²) < 4.78 is 8.13. The van der Waals surface area contributed by atoms with Crippen molar-refractivity contribution in [3.05, 3.63) is 35.5 Å². The highest BCUT2D eigenvalue weighted by molar-refractivity contribution is 5.95. The highest BCUT2D eigenvalue weighted by atomic mass is 16.5. The smallest absolute Gasteiger partial charge is 0.339 e. The molecule has 0 atom stereocenters. The maximum Gasteiger partial charge on any atom is 0.339 e. The third-order valence-electron chi connectivity index (χ3n) is 4.64. The number of carboxylic acids is 1. The van der Waals surface area contributed by atoms with Crippen LogP contribution in [0.15, 0.2) is 24.4 Å². The number of carbonyl (C=O) groups is 1. The van der Waals surface area contributed by atoms with Crippen molar-refractivity contribution in [1.29, 1.82) is 0 Å². The zero-order valence-electron chi connectivity index (χ0n) is 12.3. The van der Waals surface area contributed by atoms with Crippen molar-refractivity contribution >= 4 is 5.97 Å². The van der Waals surface area contributed by atoms with E-state index in [0.29, 0.717) is 5.75 Å². The Morgan fingerprint density at radius 3 is 2.91 bits per heavy atom. The molecule has 2 aliphatic heterocycles. The number of fused-ring (bicyclic) bond motifs is 4. The molecular weight excluding hydrogens is 282 g/mol.